The quantitative estimate of drug-likeness (QED) is 0.835. The smallest absolute Gasteiger partial charge is 0.146 e. The van der Waals surface area contributed by atoms with Crippen molar-refractivity contribution in [3.8, 4) is 0 Å². The van der Waals surface area contributed by atoms with Gasteiger partial charge in [-0.15, -0.1) is 0 Å². The van der Waals surface area contributed by atoms with Crippen LogP contribution in [0, 0.1) is 5.82 Å². The Labute approximate surface area is 101 Å². The zero-order valence-corrected chi connectivity index (χ0v) is 10.1. The Morgan fingerprint density at radius 1 is 1.47 bits per heavy atom. The van der Waals surface area contributed by atoms with Gasteiger partial charge in [0.25, 0.3) is 0 Å². The van der Waals surface area contributed by atoms with Gasteiger partial charge in [0.1, 0.15) is 5.82 Å². The largest absolute Gasteiger partial charge is 0.394 e. The Bertz CT molecular complexity index is 379. The lowest BCUT2D eigenvalue weighted by Crippen LogP contribution is -2.58. The first kappa shape index (κ1) is 12.3. The van der Waals surface area contributed by atoms with E-state index < -0.39 is 0 Å². The molecule has 1 atom stereocenters. The summed E-state index contributed by atoms with van der Waals surface area (Å²) >= 11 is 0. The van der Waals surface area contributed by atoms with Gasteiger partial charge >= 0.3 is 0 Å². The van der Waals surface area contributed by atoms with Gasteiger partial charge in [0.15, 0.2) is 0 Å². The lowest BCUT2D eigenvalue weighted by Gasteiger charge is -2.42. The summed E-state index contributed by atoms with van der Waals surface area (Å²) in [5.74, 6) is -0.197. The van der Waals surface area contributed by atoms with Crippen molar-refractivity contribution >= 4 is 5.69 Å². The van der Waals surface area contributed by atoms with Crippen molar-refractivity contribution in [2.45, 2.75) is 18.4 Å². The molecule has 94 valence electrons. The normalized spacial score (nSPS) is 25.0. The molecular weight excluding hydrogens is 219 g/mol. The van der Waals surface area contributed by atoms with Crippen LogP contribution in [0.25, 0.3) is 0 Å². The number of benzene rings is 1. The van der Waals surface area contributed by atoms with Gasteiger partial charge in [-0.3, -0.25) is 0 Å². The molecule has 1 saturated heterocycles. The van der Waals surface area contributed by atoms with Gasteiger partial charge in [0.2, 0.25) is 0 Å². The SMILES string of the molecule is CNC1(CO)CCCN(c2ccccc2F)C1. The maximum Gasteiger partial charge on any atom is 0.146 e. The van der Waals surface area contributed by atoms with Crippen molar-refractivity contribution in [2.24, 2.45) is 0 Å². The first-order chi connectivity index (χ1) is 8.21. The highest BCUT2D eigenvalue weighted by molar-refractivity contribution is 5.48. The van der Waals surface area contributed by atoms with E-state index in [4.69, 9.17) is 0 Å². The molecule has 2 rings (SSSR count). The number of aliphatic hydroxyl groups is 1. The molecule has 0 saturated carbocycles. The van der Waals surface area contributed by atoms with Gasteiger partial charge in [-0.05, 0) is 32.0 Å². The molecule has 1 heterocycles. The van der Waals surface area contributed by atoms with E-state index >= 15 is 0 Å². The van der Waals surface area contributed by atoms with Crippen LogP contribution in [0.3, 0.4) is 0 Å². The number of nitrogens with zero attached hydrogens (tertiary/aromatic N) is 1. The van der Waals surface area contributed by atoms with Crippen LogP contribution in [0.2, 0.25) is 0 Å². The van der Waals surface area contributed by atoms with Crippen LogP contribution >= 0.6 is 0 Å². The molecular formula is C13H19FN2O. The van der Waals surface area contributed by atoms with Crippen molar-refractivity contribution < 1.29 is 9.50 Å². The van der Waals surface area contributed by atoms with Gasteiger partial charge in [-0.25, -0.2) is 4.39 Å². The topological polar surface area (TPSA) is 35.5 Å². The summed E-state index contributed by atoms with van der Waals surface area (Å²) in [7, 11) is 1.85. The molecule has 3 nitrogen and oxygen atoms in total. The number of aliphatic hydroxyl groups excluding tert-OH is 1. The molecule has 0 radical (unpaired) electrons. The summed E-state index contributed by atoms with van der Waals surface area (Å²) in [5, 5.41) is 12.7. The summed E-state index contributed by atoms with van der Waals surface area (Å²) in [5.41, 5.74) is 0.320. The van der Waals surface area contributed by atoms with Crippen LogP contribution in [0.1, 0.15) is 12.8 Å². The van der Waals surface area contributed by atoms with Crippen LogP contribution in [0.5, 0.6) is 0 Å². The number of hydrogen-bond donors (Lipinski definition) is 2. The minimum atomic E-state index is -0.305. The maximum atomic E-state index is 13.7. The molecule has 4 heteroatoms. The van der Waals surface area contributed by atoms with Crippen LogP contribution in [0.4, 0.5) is 10.1 Å². The number of halogens is 1. The summed E-state index contributed by atoms with van der Waals surface area (Å²) < 4.78 is 13.7. The number of likely N-dealkylation sites (N-methyl/N-ethyl adjacent to an activating group) is 1. The summed E-state index contributed by atoms with van der Waals surface area (Å²) in [6, 6.07) is 6.80. The van der Waals surface area contributed by atoms with Crippen LogP contribution in [-0.4, -0.2) is 37.4 Å². The fourth-order valence-electron chi connectivity index (χ4n) is 2.46. The Balaban J connectivity index is 2.20. The van der Waals surface area contributed by atoms with Crippen molar-refractivity contribution in [3.63, 3.8) is 0 Å². The average molecular weight is 238 g/mol. The molecule has 1 unspecified atom stereocenters. The third kappa shape index (κ3) is 2.42. The zero-order chi connectivity index (χ0) is 12.3. The first-order valence-electron chi connectivity index (χ1n) is 6.00. The Kier molecular flexibility index (Phi) is 3.64. The number of anilines is 1. The number of para-hydroxylation sites is 1. The summed E-state index contributed by atoms with van der Waals surface area (Å²) in [4.78, 5) is 2.01. The monoisotopic (exact) mass is 238 g/mol. The lowest BCUT2D eigenvalue weighted by atomic mass is 9.89. The third-order valence-corrected chi connectivity index (χ3v) is 3.60. The van der Waals surface area contributed by atoms with Gasteiger partial charge in [0, 0.05) is 13.1 Å². The van der Waals surface area contributed by atoms with Crippen LogP contribution in [0.15, 0.2) is 24.3 Å². The fraction of sp³-hybridized carbons (Fsp3) is 0.538. The van der Waals surface area contributed by atoms with E-state index in [1.54, 1.807) is 12.1 Å². The predicted octanol–water partition coefficient (Wildman–Crippen LogP) is 1.38. The van der Waals surface area contributed by atoms with E-state index in [-0.39, 0.29) is 18.0 Å². The van der Waals surface area contributed by atoms with Crippen molar-refractivity contribution in [2.75, 3.05) is 31.6 Å². The van der Waals surface area contributed by atoms with Crippen LogP contribution in [-0.2, 0) is 0 Å². The molecule has 1 aromatic rings. The minimum absolute atomic E-state index is 0.0778. The number of nitrogens with one attached hydrogen (secondary N) is 1. The first-order valence-corrected chi connectivity index (χ1v) is 6.00. The van der Waals surface area contributed by atoms with E-state index in [2.05, 4.69) is 5.32 Å². The minimum Gasteiger partial charge on any atom is -0.394 e. The van der Waals surface area contributed by atoms with E-state index in [1.165, 1.54) is 6.07 Å². The van der Waals surface area contributed by atoms with E-state index in [0.717, 1.165) is 19.4 Å². The molecule has 0 amide bonds. The molecule has 1 aliphatic heterocycles. The molecule has 0 bridgehead atoms. The highest BCUT2D eigenvalue weighted by atomic mass is 19.1. The molecule has 17 heavy (non-hydrogen) atoms. The third-order valence-electron chi connectivity index (χ3n) is 3.60. The van der Waals surface area contributed by atoms with Crippen LogP contribution < -0.4 is 10.2 Å². The molecule has 1 aromatic carbocycles. The van der Waals surface area contributed by atoms with E-state index in [1.807, 2.05) is 18.0 Å². The standard InChI is InChI=1S/C13H19FN2O/c1-15-13(10-17)7-4-8-16(9-13)12-6-3-2-5-11(12)14/h2-3,5-6,15,17H,4,7-10H2,1H3. The van der Waals surface area contributed by atoms with Crippen molar-refractivity contribution in [3.05, 3.63) is 30.1 Å². The lowest BCUT2D eigenvalue weighted by molar-refractivity contribution is 0.149. The fourth-order valence-corrected chi connectivity index (χ4v) is 2.46. The van der Waals surface area contributed by atoms with E-state index in [9.17, 15) is 9.50 Å². The second kappa shape index (κ2) is 5.02. The van der Waals surface area contributed by atoms with Gasteiger partial charge in [-0.1, -0.05) is 12.1 Å². The summed E-state index contributed by atoms with van der Waals surface area (Å²) in [6.45, 7) is 1.56. The second-order valence-electron chi connectivity index (χ2n) is 4.66. The Morgan fingerprint density at radius 2 is 2.24 bits per heavy atom. The van der Waals surface area contributed by atoms with Crippen molar-refractivity contribution in [1.29, 1.82) is 0 Å². The van der Waals surface area contributed by atoms with Crippen molar-refractivity contribution in [1.82, 2.24) is 5.32 Å². The summed E-state index contributed by atoms with van der Waals surface area (Å²) in [6.07, 6.45) is 1.88. The molecule has 2 N–H and O–H groups in total. The van der Waals surface area contributed by atoms with Gasteiger partial charge in [0.05, 0.1) is 17.8 Å². The number of piperidine rings is 1. The average Bonchev–Trinajstić information content (AvgIpc) is 2.39. The van der Waals surface area contributed by atoms with Gasteiger partial charge in [-0.2, -0.15) is 0 Å². The molecule has 0 aromatic heterocycles. The Morgan fingerprint density at radius 3 is 2.88 bits per heavy atom. The Hall–Kier alpha value is -1.13. The zero-order valence-electron chi connectivity index (χ0n) is 10.1. The molecule has 1 aliphatic rings. The van der Waals surface area contributed by atoms with Gasteiger partial charge < -0.3 is 15.3 Å². The highest BCUT2D eigenvalue weighted by Crippen LogP contribution is 2.27. The highest BCUT2D eigenvalue weighted by Gasteiger charge is 2.34. The molecule has 0 spiro atoms. The second-order valence-corrected chi connectivity index (χ2v) is 4.66. The van der Waals surface area contributed by atoms with E-state index in [0.29, 0.717) is 12.2 Å². The predicted molar refractivity (Wildman–Crippen MR) is 66.7 cm³/mol. The molecule has 1 fully saturated rings. The number of rotatable bonds is 3. The molecule has 0 aliphatic carbocycles. The maximum absolute atomic E-state index is 13.7. The number of hydrogen-bond acceptors (Lipinski definition) is 3.